The lowest BCUT2D eigenvalue weighted by Gasteiger charge is -2.53. The van der Waals surface area contributed by atoms with E-state index >= 15 is 0 Å². The average Bonchev–Trinajstić information content (AvgIpc) is 2.86. The fourth-order valence-electron chi connectivity index (χ4n) is 6.38. The van der Waals surface area contributed by atoms with Gasteiger partial charge >= 0.3 is 12.1 Å². The molecular formula is C26H37N5O4. The highest BCUT2D eigenvalue weighted by atomic mass is 16.5. The lowest BCUT2D eigenvalue weighted by Crippen LogP contribution is -2.62. The number of amides is 5. The molecule has 190 valence electrons. The van der Waals surface area contributed by atoms with Crippen molar-refractivity contribution in [1.29, 1.82) is 0 Å². The number of hydrogen-bond acceptors (Lipinski definition) is 4. The number of piperidine rings is 4. The standard InChI is InChI=1S/C26H37N5O4/c1-2-35-23-8-4-3-6-21(23)28-25(33)27-20-10-12-29(13-11-20)26(34)30-15-18-14-19(17-30)22-7-5-9-24(32)31(22)16-18/h3-4,6,8,18-20,22H,2,5,7,9-17H2,1H3,(H2,27,28,33)/t18-,19-,22-/m1/s1. The minimum absolute atomic E-state index is 0.0286. The van der Waals surface area contributed by atoms with Crippen molar-refractivity contribution in [3.8, 4) is 5.75 Å². The van der Waals surface area contributed by atoms with Crippen molar-refractivity contribution in [2.45, 2.75) is 57.5 Å². The third-order valence-corrected chi connectivity index (χ3v) is 7.99. The molecule has 4 fully saturated rings. The summed E-state index contributed by atoms with van der Waals surface area (Å²) in [5.74, 6) is 1.74. The van der Waals surface area contributed by atoms with Gasteiger partial charge in [0.05, 0.1) is 12.3 Å². The summed E-state index contributed by atoms with van der Waals surface area (Å²) >= 11 is 0. The average molecular weight is 484 g/mol. The molecule has 5 rings (SSSR count). The zero-order chi connectivity index (χ0) is 24.4. The topological polar surface area (TPSA) is 94.2 Å². The first-order valence-electron chi connectivity index (χ1n) is 13.1. The number of nitrogens with one attached hydrogen (secondary N) is 2. The summed E-state index contributed by atoms with van der Waals surface area (Å²) in [6.07, 6.45) is 5.32. The van der Waals surface area contributed by atoms with E-state index in [4.69, 9.17) is 4.74 Å². The molecule has 0 aromatic heterocycles. The maximum atomic E-state index is 13.3. The normalized spacial score (nSPS) is 26.7. The Morgan fingerprint density at radius 1 is 1.06 bits per heavy atom. The Bertz CT molecular complexity index is 947. The molecule has 0 unspecified atom stereocenters. The van der Waals surface area contributed by atoms with E-state index in [2.05, 4.69) is 15.5 Å². The van der Waals surface area contributed by atoms with Gasteiger partial charge in [0, 0.05) is 51.2 Å². The second kappa shape index (κ2) is 10.3. The van der Waals surface area contributed by atoms with Gasteiger partial charge in [-0.15, -0.1) is 0 Å². The maximum absolute atomic E-state index is 13.3. The number of hydrogen-bond donors (Lipinski definition) is 2. The quantitative estimate of drug-likeness (QED) is 0.688. The third-order valence-electron chi connectivity index (χ3n) is 7.99. The van der Waals surface area contributed by atoms with Crippen LogP contribution in [0.3, 0.4) is 0 Å². The molecular weight excluding hydrogens is 446 g/mol. The number of urea groups is 2. The van der Waals surface area contributed by atoms with Crippen molar-refractivity contribution in [3.63, 3.8) is 0 Å². The van der Waals surface area contributed by atoms with Crippen molar-refractivity contribution >= 4 is 23.7 Å². The van der Waals surface area contributed by atoms with Gasteiger partial charge in [0.15, 0.2) is 0 Å². The van der Waals surface area contributed by atoms with Crippen LogP contribution >= 0.6 is 0 Å². The third kappa shape index (κ3) is 5.18. The van der Waals surface area contributed by atoms with Crippen LogP contribution in [0.2, 0.25) is 0 Å². The lowest BCUT2D eigenvalue weighted by atomic mass is 9.76. The van der Waals surface area contributed by atoms with Gasteiger partial charge in [-0.25, -0.2) is 9.59 Å². The van der Waals surface area contributed by atoms with E-state index in [0.29, 0.717) is 61.3 Å². The van der Waals surface area contributed by atoms with Gasteiger partial charge in [-0.3, -0.25) is 4.79 Å². The summed E-state index contributed by atoms with van der Waals surface area (Å²) in [5, 5.41) is 5.93. The van der Waals surface area contributed by atoms with Gasteiger partial charge in [0.1, 0.15) is 5.75 Å². The van der Waals surface area contributed by atoms with Crippen molar-refractivity contribution in [3.05, 3.63) is 24.3 Å². The number of rotatable bonds is 4. The molecule has 2 bridgehead atoms. The summed E-state index contributed by atoms with van der Waals surface area (Å²) in [7, 11) is 0. The molecule has 9 heteroatoms. The van der Waals surface area contributed by atoms with Crippen LogP contribution in [-0.4, -0.2) is 84.1 Å². The van der Waals surface area contributed by atoms with Crippen LogP contribution in [0, 0.1) is 11.8 Å². The monoisotopic (exact) mass is 483 g/mol. The number of anilines is 1. The molecule has 0 saturated carbocycles. The van der Waals surface area contributed by atoms with E-state index in [-0.39, 0.29) is 18.1 Å². The smallest absolute Gasteiger partial charge is 0.320 e. The zero-order valence-electron chi connectivity index (χ0n) is 20.6. The molecule has 0 radical (unpaired) electrons. The Hall–Kier alpha value is -2.97. The molecule has 4 aliphatic heterocycles. The van der Waals surface area contributed by atoms with Crippen LogP contribution in [-0.2, 0) is 4.79 Å². The predicted octanol–water partition coefficient (Wildman–Crippen LogP) is 3.12. The second-order valence-corrected chi connectivity index (χ2v) is 10.3. The van der Waals surface area contributed by atoms with Crippen LogP contribution < -0.4 is 15.4 Å². The molecule has 35 heavy (non-hydrogen) atoms. The molecule has 3 atom stereocenters. The molecule has 1 aromatic carbocycles. The number of ether oxygens (including phenoxy) is 1. The van der Waals surface area contributed by atoms with Crippen molar-refractivity contribution in [1.82, 2.24) is 20.0 Å². The highest BCUT2D eigenvalue weighted by Crippen LogP contribution is 2.38. The first-order valence-corrected chi connectivity index (χ1v) is 13.1. The van der Waals surface area contributed by atoms with E-state index < -0.39 is 0 Å². The summed E-state index contributed by atoms with van der Waals surface area (Å²) < 4.78 is 5.58. The number of carbonyl (C=O) groups is 3. The number of para-hydroxylation sites is 2. The number of nitrogens with zero attached hydrogens (tertiary/aromatic N) is 3. The first-order chi connectivity index (χ1) is 17.0. The number of fused-ring (bicyclic) bond motifs is 4. The molecule has 1 aromatic rings. The minimum Gasteiger partial charge on any atom is -0.492 e. The van der Waals surface area contributed by atoms with E-state index in [0.717, 1.165) is 51.7 Å². The fraction of sp³-hybridized carbons (Fsp3) is 0.654. The molecule has 2 N–H and O–H groups in total. The Labute approximate surface area is 207 Å². The predicted molar refractivity (Wildman–Crippen MR) is 132 cm³/mol. The molecule has 4 heterocycles. The van der Waals surface area contributed by atoms with Gasteiger partial charge in [0.2, 0.25) is 5.91 Å². The van der Waals surface area contributed by atoms with Gasteiger partial charge in [-0.05, 0) is 63.0 Å². The molecule has 4 saturated heterocycles. The Morgan fingerprint density at radius 2 is 1.86 bits per heavy atom. The molecule has 0 aliphatic carbocycles. The number of likely N-dealkylation sites (tertiary alicyclic amines) is 2. The van der Waals surface area contributed by atoms with Crippen molar-refractivity contribution < 1.29 is 19.1 Å². The molecule has 9 nitrogen and oxygen atoms in total. The van der Waals surface area contributed by atoms with E-state index in [1.165, 1.54) is 0 Å². The van der Waals surface area contributed by atoms with Gasteiger partial charge < -0.3 is 30.1 Å². The van der Waals surface area contributed by atoms with Crippen molar-refractivity contribution in [2.24, 2.45) is 11.8 Å². The van der Waals surface area contributed by atoms with Crippen LogP contribution in [0.1, 0.15) is 45.4 Å². The van der Waals surface area contributed by atoms with Crippen LogP contribution in [0.25, 0.3) is 0 Å². The van der Waals surface area contributed by atoms with Crippen molar-refractivity contribution in [2.75, 3.05) is 44.6 Å². The Kier molecular flexibility index (Phi) is 7.02. The van der Waals surface area contributed by atoms with Gasteiger partial charge in [-0.1, -0.05) is 12.1 Å². The van der Waals surface area contributed by atoms with E-state index in [1.807, 2.05) is 41.0 Å². The number of carbonyl (C=O) groups excluding carboxylic acids is 3. The fourth-order valence-corrected chi connectivity index (χ4v) is 6.38. The second-order valence-electron chi connectivity index (χ2n) is 10.3. The summed E-state index contributed by atoms with van der Waals surface area (Å²) in [5.41, 5.74) is 0.647. The minimum atomic E-state index is -0.252. The molecule has 5 amide bonds. The highest BCUT2D eigenvalue weighted by molar-refractivity contribution is 5.91. The van der Waals surface area contributed by atoms with Gasteiger partial charge in [-0.2, -0.15) is 0 Å². The highest BCUT2D eigenvalue weighted by Gasteiger charge is 2.45. The Morgan fingerprint density at radius 3 is 2.66 bits per heavy atom. The first kappa shape index (κ1) is 23.8. The molecule has 4 aliphatic rings. The van der Waals surface area contributed by atoms with Crippen LogP contribution in [0.15, 0.2) is 24.3 Å². The van der Waals surface area contributed by atoms with E-state index in [9.17, 15) is 14.4 Å². The van der Waals surface area contributed by atoms with E-state index in [1.54, 1.807) is 0 Å². The molecule has 0 spiro atoms. The largest absolute Gasteiger partial charge is 0.492 e. The van der Waals surface area contributed by atoms with Gasteiger partial charge in [0.25, 0.3) is 0 Å². The summed E-state index contributed by atoms with van der Waals surface area (Å²) in [6, 6.07) is 7.59. The Balaban J connectivity index is 1.10. The summed E-state index contributed by atoms with van der Waals surface area (Å²) in [4.78, 5) is 44.3. The zero-order valence-corrected chi connectivity index (χ0v) is 20.6. The van der Waals surface area contributed by atoms with Crippen LogP contribution in [0.5, 0.6) is 5.75 Å². The summed E-state index contributed by atoms with van der Waals surface area (Å²) in [6.45, 7) is 6.01. The van der Waals surface area contributed by atoms with Crippen LogP contribution in [0.4, 0.5) is 15.3 Å². The number of benzene rings is 1. The maximum Gasteiger partial charge on any atom is 0.320 e. The SMILES string of the molecule is CCOc1ccccc1NC(=O)NC1CCN(C(=O)N2C[C@H]3C[C@H](C2)[C@H]2CCCC(=O)N2C3)CC1. The lowest BCUT2D eigenvalue weighted by molar-refractivity contribution is -0.144.